The fourth-order valence-corrected chi connectivity index (χ4v) is 3.45. The molecule has 0 bridgehead atoms. The lowest BCUT2D eigenvalue weighted by Crippen LogP contribution is -2.46. The molecule has 0 spiro atoms. The van der Waals surface area contributed by atoms with E-state index in [1.807, 2.05) is 11.0 Å². The molecule has 1 saturated heterocycles. The number of hydrogen-bond donors (Lipinski definition) is 1. The molecule has 1 aliphatic heterocycles. The Hall–Kier alpha value is -2.25. The lowest BCUT2D eigenvalue weighted by molar-refractivity contribution is -0.137. The summed E-state index contributed by atoms with van der Waals surface area (Å²) in [6.07, 6.45) is -4.41. The van der Waals surface area contributed by atoms with Crippen LogP contribution in [0, 0.1) is 0 Å². The number of carboxylic acid groups (broad SMARTS) is 1. The number of carbonyl (C=O) groups is 1. The fourth-order valence-electron chi connectivity index (χ4n) is 3.15. The Morgan fingerprint density at radius 2 is 1.78 bits per heavy atom. The molecule has 0 atom stereocenters. The summed E-state index contributed by atoms with van der Waals surface area (Å²) in [7, 11) is 0. The summed E-state index contributed by atoms with van der Waals surface area (Å²) >= 11 is 6.07. The standard InChI is InChI=1S/C19H18ClF3N2O2/c20-16-11-15(19(21,22)23)4-5-17(16)25-8-6-24(7-9-25)12-13-2-1-3-14(10-13)18(26)27/h1-5,10-11H,6-9,12H2,(H,26,27). The molecule has 0 amide bonds. The van der Waals surface area contributed by atoms with Gasteiger partial charge >= 0.3 is 12.1 Å². The molecule has 0 radical (unpaired) electrons. The minimum Gasteiger partial charge on any atom is -0.478 e. The van der Waals surface area contributed by atoms with E-state index in [2.05, 4.69) is 4.90 Å². The number of carboxylic acids is 1. The van der Waals surface area contributed by atoms with Gasteiger partial charge < -0.3 is 10.0 Å². The summed E-state index contributed by atoms with van der Waals surface area (Å²) in [5.74, 6) is -0.960. The van der Waals surface area contributed by atoms with E-state index >= 15 is 0 Å². The molecule has 4 nitrogen and oxygen atoms in total. The van der Waals surface area contributed by atoms with Crippen LogP contribution in [0.25, 0.3) is 0 Å². The highest BCUT2D eigenvalue weighted by Gasteiger charge is 2.31. The van der Waals surface area contributed by atoms with Crippen molar-refractivity contribution in [3.8, 4) is 0 Å². The number of hydrogen-bond acceptors (Lipinski definition) is 3. The maximum atomic E-state index is 12.8. The van der Waals surface area contributed by atoms with Crippen molar-refractivity contribution in [2.45, 2.75) is 12.7 Å². The molecule has 1 N–H and O–H groups in total. The van der Waals surface area contributed by atoms with Crippen LogP contribution in [0.1, 0.15) is 21.5 Å². The van der Waals surface area contributed by atoms with Gasteiger partial charge in [0.1, 0.15) is 0 Å². The van der Waals surface area contributed by atoms with Crippen LogP contribution < -0.4 is 4.90 Å². The first-order valence-electron chi connectivity index (χ1n) is 8.40. The molecular formula is C19H18ClF3N2O2. The fraction of sp³-hybridized carbons (Fsp3) is 0.316. The molecule has 144 valence electrons. The molecule has 0 saturated carbocycles. The zero-order valence-corrected chi connectivity index (χ0v) is 15.1. The molecule has 27 heavy (non-hydrogen) atoms. The summed E-state index contributed by atoms with van der Waals surface area (Å²) in [6.45, 7) is 3.28. The Morgan fingerprint density at radius 3 is 2.37 bits per heavy atom. The average molecular weight is 399 g/mol. The van der Waals surface area contributed by atoms with E-state index in [4.69, 9.17) is 16.7 Å². The van der Waals surface area contributed by atoms with Crippen molar-refractivity contribution < 1.29 is 23.1 Å². The number of alkyl halides is 3. The van der Waals surface area contributed by atoms with Crippen molar-refractivity contribution in [1.82, 2.24) is 4.90 Å². The van der Waals surface area contributed by atoms with Crippen molar-refractivity contribution >= 4 is 23.3 Å². The highest BCUT2D eigenvalue weighted by atomic mass is 35.5. The lowest BCUT2D eigenvalue weighted by atomic mass is 10.1. The van der Waals surface area contributed by atoms with Crippen molar-refractivity contribution in [2.24, 2.45) is 0 Å². The van der Waals surface area contributed by atoms with Crippen molar-refractivity contribution in [2.75, 3.05) is 31.1 Å². The summed E-state index contributed by atoms with van der Waals surface area (Å²) in [4.78, 5) is 15.2. The van der Waals surface area contributed by atoms with Crippen LogP contribution in [0.3, 0.4) is 0 Å². The lowest BCUT2D eigenvalue weighted by Gasteiger charge is -2.36. The van der Waals surface area contributed by atoms with Crippen molar-refractivity contribution in [3.63, 3.8) is 0 Å². The van der Waals surface area contributed by atoms with Crippen LogP contribution in [-0.4, -0.2) is 42.2 Å². The van der Waals surface area contributed by atoms with Crippen molar-refractivity contribution in [3.05, 3.63) is 64.2 Å². The van der Waals surface area contributed by atoms with Gasteiger partial charge in [-0.25, -0.2) is 4.79 Å². The number of benzene rings is 2. The van der Waals surface area contributed by atoms with Gasteiger partial charge in [0.05, 0.1) is 21.8 Å². The summed E-state index contributed by atoms with van der Waals surface area (Å²) in [5, 5.41) is 9.16. The van der Waals surface area contributed by atoms with Crippen LogP contribution in [0.2, 0.25) is 5.02 Å². The molecule has 8 heteroatoms. The molecular weight excluding hydrogens is 381 g/mol. The largest absolute Gasteiger partial charge is 0.478 e. The van der Waals surface area contributed by atoms with Gasteiger partial charge in [-0.05, 0) is 35.9 Å². The van der Waals surface area contributed by atoms with Crippen LogP contribution >= 0.6 is 11.6 Å². The number of rotatable bonds is 4. The van der Waals surface area contributed by atoms with Crippen molar-refractivity contribution in [1.29, 1.82) is 0 Å². The Morgan fingerprint density at radius 1 is 1.07 bits per heavy atom. The van der Waals surface area contributed by atoms with Gasteiger partial charge in [0.15, 0.2) is 0 Å². The number of nitrogens with zero attached hydrogens (tertiary/aromatic N) is 2. The van der Waals surface area contributed by atoms with Crippen LogP contribution in [-0.2, 0) is 12.7 Å². The molecule has 1 heterocycles. The molecule has 0 unspecified atom stereocenters. The molecule has 1 fully saturated rings. The predicted octanol–water partition coefficient (Wildman–Crippen LogP) is 4.38. The Bertz CT molecular complexity index is 834. The summed E-state index contributed by atoms with van der Waals surface area (Å²) < 4.78 is 38.3. The molecule has 0 aliphatic carbocycles. The third-order valence-electron chi connectivity index (χ3n) is 4.57. The second-order valence-corrected chi connectivity index (χ2v) is 6.84. The predicted molar refractivity (Wildman–Crippen MR) is 97.3 cm³/mol. The van der Waals surface area contributed by atoms with Crippen LogP contribution in [0.4, 0.5) is 18.9 Å². The van der Waals surface area contributed by atoms with Crippen LogP contribution in [0.5, 0.6) is 0 Å². The van der Waals surface area contributed by atoms with E-state index in [-0.39, 0.29) is 10.6 Å². The molecule has 3 rings (SSSR count). The first-order valence-corrected chi connectivity index (χ1v) is 8.78. The van der Waals surface area contributed by atoms with Gasteiger partial charge in [0.25, 0.3) is 0 Å². The molecule has 1 aliphatic rings. The quantitative estimate of drug-likeness (QED) is 0.830. The maximum absolute atomic E-state index is 12.8. The van der Waals surface area contributed by atoms with Gasteiger partial charge in [-0.1, -0.05) is 23.7 Å². The average Bonchev–Trinajstić information content (AvgIpc) is 2.62. The van der Waals surface area contributed by atoms with E-state index in [1.54, 1.807) is 18.2 Å². The minimum absolute atomic E-state index is 0.0902. The first kappa shape index (κ1) is 19.5. The third kappa shape index (κ3) is 4.73. The Balaban J connectivity index is 1.62. The molecule has 2 aromatic rings. The molecule has 2 aromatic carbocycles. The molecule has 0 aromatic heterocycles. The maximum Gasteiger partial charge on any atom is 0.416 e. The van der Waals surface area contributed by atoms with Gasteiger partial charge in [0, 0.05) is 32.7 Å². The van der Waals surface area contributed by atoms with E-state index in [1.165, 1.54) is 6.07 Å². The van der Waals surface area contributed by atoms with E-state index < -0.39 is 17.7 Å². The van der Waals surface area contributed by atoms with Gasteiger partial charge in [-0.2, -0.15) is 13.2 Å². The van der Waals surface area contributed by atoms with E-state index in [0.717, 1.165) is 17.7 Å². The summed E-state index contributed by atoms with van der Waals surface area (Å²) in [5.41, 5.74) is 1.00. The van der Waals surface area contributed by atoms with Crippen LogP contribution in [0.15, 0.2) is 42.5 Å². The first-order chi connectivity index (χ1) is 12.7. The smallest absolute Gasteiger partial charge is 0.416 e. The highest BCUT2D eigenvalue weighted by molar-refractivity contribution is 6.33. The SMILES string of the molecule is O=C(O)c1cccc(CN2CCN(c3ccc(C(F)(F)F)cc3Cl)CC2)c1. The second kappa shape index (κ2) is 7.78. The highest BCUT2D eigenvalue weighted by Crippen LogP contribution is 2.35. The number of halogens is 4. The topological polar surface area (TPSA) is 43.8 Å². The number of piperazine rings is 1. The normalized spacial score (nSPS) is 15.8. The Kier molecular flexibility index (Phi) is 5.62. The summed E-state index contributed by atoms with van der Waals surface area (Å²) in [6, 6.07) is 10.2. The van der Waals surface area contributed by atoms with Gasteiger partial charge in [-0.15, -0.1) is 0 Å². The van der Waals surface area contributed by atoms with E-state index in [9.17, 15) is 18.0 Å². The second-order valence-electron chi connectivity index (χ2n) is 6.43. The number of anilines is 1. The zero-order valence-electron chi connectivity index (χ0n) is 14.3. The monoisotopic (exact) mass is 398 g/mol. The van der Waals surface area contributed by atoms with Gasteiger partial charge in [0.2, 0.25) is 0 Å². The van der Waals surface area contributed by atoms with E-state index in [0.29, 0.717) is 38.4 Å². The zero-order chi connectivity index (χ0) is 19.6. The Labute approximate surface area is 159 Å². The van der Waals surface area contributed by atoms with Gasteiger partial charge in [-0.3, -0.25) is 4.90 Å². The number of aromatic carboxylic acids is 1. The minimum atomic E-state index is -4.41. The third-order valence-corrected chi connectivity index (χ3v) is 4.87.